The zero-order valence-corrected chi connectivity index (χ0v) is 85.8. The third-order valence-electron chi connectivity index (χ3n) is 19.5. The van der Waals surface area contributed by atoms with Gasteiger partial charge in [-0.25, -0.2) is 0 Å². The van der Waals surface area contributed by atoms with Crippen LogP contribution < -0.4 is 5.32 Å². The molecule has 21 nitrogen and oxygen atoms in total. The molecule has 10 fully saturated rings. The van der Waals surface area contributed by atoms with E-state index in [-0.39, 0.29) is 104 Å². The molecular formula is C66H143N5O16P10Re4-4. The van der Waals surface area contributed by atoms with Crippen LogP contribution in [0.4, 0.5) is 0 Å². The maximum absolute atomic E-state index is 12.2. The van der Waals surface area contributed by atoms with Crippen molar-refractivity contribution in [1.82, 2.24) is 5.32 Å². The average molecular weight is 2320 g/mol. The van der Waals surface area contributed by atoms with Gasteiger partial charge in [-0.2, -0.15) is 13.1 Å². The van der Waals surface area contributed by atoms with Gasteiger partial charge in [0.1, 0.15) is 7.14 Å². The molecule has 10 saturated heterocycles. The molecule has 0 aliphatic carbocycles. The van der Waals surface area contributed by atoms with E-state index in [0.29, 0.717) is 99.6 Å². The van der Waals surface area contributed by atoms with E-state index in [1.165, 1.54) is 57.8 Å². The topological polar surface area (TPSA) is 295 Å². The third-order valence-corrected chi connectivity index (χ3v) is 52.5. The van der Waals surface area contributed by atoms with Crippen LogP contribution in [0.3, 0.4) is 0 Å². The zero-order chi connectivity index (χ0) is 74.0. The summed E-state index contributed by atoms with van der Waals surface area (Å²) in [6.45, 7) is 48.8. The summed E-state index contributed by atoms with van der Waals surface area (Å²) < 4.78 is 147. The Morgan fingerprint density at radius 2 is 0.505 bits per heavy atom. The first-order valence-electron chi connectivity index (χ1n) is 37.1. The van der Waals surface area contributed by atoms with Gasteiger partial charge in [-0.3, -0.25) is 9.13 Å². The predicted molar refractivity (Wildman–Crippen MR) is 423 cm³/mol. The van der Waals surface area contributed by atoms with Crippen LogP contribution in [0, 0.1) is 0 Å². The molecule has 10 rings (SSSR count). The van der Waals surface area contributed by atoms with Crippen molar-refractivity contribution >= 4 is 72.9 Å². The molecule has 1 unspecified atom stereocenters. The van der Waals surface area contributed by atoms with Crippen LogP contribution in [0.5, 0.6) is 0 Å². The van der Waals surface area contributed by atoms with Crippen molar-refractivity contribution in [3.63, 3.8) is 0 Å². The van der Waals surface area contributed by atoms with Crippen LogP contribution in [0.15, 0.2) is 0 Å². The van der Waals surface area contributed by atoms with E-state index in [1.807, 2.05) is 83.1 Å². The number of nitrogens with zero attached hydrogens (tertiary/aromatic N) is 4. The molecule has 35 heteroatoms. The van der Waals surface area contributed by atoms with E-state index in [1.54, 1.807) is 0 Å². The van der Waals surface area contributed by atoms with Gasteiger partial charge in [0.05, 0.1) is 99.6 Å². The Balaban J connectivity index is -0.000000516. The molecule has 0 aromatic rings. The van der Waals surface area contributed by atoms with Crippen LogP contribution in [0.25, 0.3) is 20.3 Å². The van der Waals surface area contributed by atoms with Gasteiger partial charge in [0, 0.05) is 197 Å². The average Bonchev–Trinajstić information content (AvgIpc) is 1.79. The SMILES string of the molecule is CC(C)P1(=O)CCCC1.CC(C)P1(=O)CCCCC1.CC(C)P1(=O)CCCCCC1.CC(C)P1(=O)CCNCC1.CC(C)P1(=O)CCOC1.CC(C)P1(=O)CCOCC1.CC(C)P1(=O)OCCCO1.CC(C)P1(=O)OCCO1.CC(C)P1(=O)[N-]CCC[N-]1.CC(C)P1(=O)[N-]CC[N-]1.[Re].[Re].[Re].[Re]. The first-order valence-corrected chi connectivity index (χ1v) is 56.5. The van der Waals surface area contributed by atoms with E-state index in [4.69, 9.17) is 27.6 Å². The molecule has 0 bridgehead atoms. The third kappa shape index (κ3) is 42.1. The van der Waals surface area contributed by atoms with Crippen molar-refractivity contribution in [2.45, 2.75) is 266 Å². The summed E-state index contributed by atoms with van der Waals surface area (Å²) in [4.78, 5) is 0. The molecule has 101 heavy (non-hydrogen) atoms. The zero-order valence-electron chi connectivity index (χ0n) is 66.0. The minimum Gasteiger partial charge on any atom is -0.621 e. The van der Waals surface area contributed by atoms with Gasteiger partial charge in [-0.15, -0.1) is 13.1 Å². The molecule has 0 spiro atoms. The van der Waals surface area contributed by atoms with Gasteiger partial charge in [-0.05, 0) is 56.3 Å². The van der Waals surface area contributed by atoms with Crippen molar-refractivity contribution < 1.29 is 155 Å². The summed E-state index contributed by atoms with van der Waals surface area (Å²) >= 11 is 0. The quantitative estimate of drug-likeness (QED) is 0.199. The fraction of sp³-hybridized carbons (Fsp3) is 1.00. The minimum atomic E-state index is -2.69. The molecule has 10 aliphatic heterocycles. The summed E-state index contributed by atoms with van der Waals surface area (Å²) in [5, 5.41) is 19.2. The Bertz CT molecular complexity index is 2270. The monoisotopic (exact) mass is 2320 g/mol. The second-order valence-electron chi connectivity index (χ2n) is 30.0. The maximum Gasteiger partial charge on any atom is 0.333 e. The molecule has 0 aromatic carbocycles. The van der Waals surface area contributed by atoms with Crippen LogP contribution in [0.2, 0.25) is 0 Å². The Hall–Kier alpha value is 4.51. The second kappa shape index (κ2) is 55.9. The molecule has 1 atom stereocenters. The molecule has 10 heterocycles. The summed E-state index contributed by atoms with van der Waals surface area (Å²) in [6.07, 6.45) is 23.8. The van der Waals surface area contributed by atoms with Gasteiger partial charge >= 0.3 is 15.2 Å². The van der Waals surface area contributed by atoms with Gasteiger partial charge in [0.2, 0.25) is 0 Å². The molecular weight excluding hydrogens is 2170 g/mol. The van der Waals surface area contributed by atoms with Crippen LogP contribution >= 0.6 is 72.9 Å². The summed E-state index contributed by atoms with van der Waals surface area (Å²) in [7, 11) is -20.6. The van der Waals surface area contributed by atoms with Gasteiger partial charge in [0.25, 0.3) is 0 Å². The molecule has 610 valence electrons. The standard InChI is InChI=1S/C9H19OP.C8H17OP.C7H16NOP.C7H15O2P.C7H15OP.C6H13N2OP.C6H13O3P.C6H13O2P.C5H11N2OP.C5H11O3P.4Re/c1-9(2)11(10)7-5-3-4-6-8-11;1-8(2)10(9)6-4-3-5-7-10;1-7(2)10(9)5-3-8-4-6-10;1-7(2)10(8)5-3-9-4-6-10;1-7(2)9(8)5-3-4-6-9;1-6(2)10(9)7-4-3-5-8-10;1-6(2)10(7)8-4-3-5-9-10;1-6(2)9(7)4-3-8-5-9;1-5(2)9(8)6-3-4-7-9;1-5(2)9(6)7-3-4-8-9;;;;/h9H,3-8H2,1-2H3;8H,3-7H2,1-2H3;7-8H,3-6H2,1-2H3;7H,3-6H2,1-2H3;7H,3-6H2,1-2H3;2*6H,3-5H2,1-2H3;6H,3-5H2,1-2H3;2*5H,3-4H2,1-2H3;;;;/q;;;;;-2;;;-2;;;;;. The fourth-order valence-electron chi connectivity index (χ4n) is 11.1. The van der Waals surface area contributed by atoms with E-state index in [9.17, 15) is 45.7 Å². The van der Waals surface area contributed by atoms with E-state index < -0.39 is 72.9 Å². The number of ether oxygens (including phenoxy) is 2. The number of hydrogen-bond acceptors (Lipinski definition) is 17. The van der Waals surface area contributed by atoms with E-state index >= 15 is 0 Å². The van der Waals surface area contributed by atoms with Crippen molar-refractivity contribution in [2.24, 2.45) is 0 Å². The number of rotatable bonds is 10. The Morgan fingerprint density at radius 1 is 0.248 bits per heavy atom. The molecule has 10 aliphatic rings. The molecule has 0 aromatic heterocycles. The maximum atomic E-state index is 12.2. The van der Waals surface area contributed by atoms with Gasteiger partial charge in [0.15, 0.2) is 0 Å². The van der Waals surface area contributed by atoms with Crippen molar-refractivity contribution in [3.05, 3.63) is 20.3 Å². The minimum absolute atomic E-state index is 0. The van der Waals surface area contributed by atoms with Crippen LogP contribution in [-0.4, -0.2) is 216 Å². The van der Waals surface area contributed by atoms with Gasteiger partial charge in [-0.1, -0.05) is 179 Å². The van der Waals surface area contributed by atoms with Crippen LogP contribution in [0.1, 0.15) is 209 Å². The number of nitrogens with one attached hydrogen (secondary N) is 1. The second-order valence-corrected chi connectivity index (χ2v) is 63.6. The number of hydrogen-bond donors (Lipinski definition) is 1. The van der Waals surface area contributed by atoms with E-state index in [0.717, 1.165) is 107 Å². The largest absolute Gasteiger partial charge is 0.621 e. The van der Waals surface area contributed by atoms with Crippen molar-refractivity contribution in [1.29, 1.82) is 0 Å². The Labute approximate surface area is 672 Å². The van der Waals surface area contributed by atoms with Crippen molar-refractivity contribution in [2.75, 3.05) is 160 Å². The Kier molecular flexibility index (Phi) is 61.9. The fourth-order valence-corrected chi connectivity index (χ4v) is 31.6. The normalized spacial score (nSPS) is 25.1. The van der Waals surface area contributed by atoms with Crippen LogP contribution in [-0.2, 0) is 155 Å². The summed E-state index contributed by atoms with van der Waals surface area (Å²) in [5.74, 6) is 0. The van der Waals surface area contributed by atoms with Gasteiger partial charge < -0.3 is 89.8 Å². The molecule has 0 saturated carbocycles. The Morgan fingerprint density at radius 3 is 0.733 bits per heavy atom. The van der Waals surface area contributed by atoms with E-state index in [2.05, 4.69) is 81.1 Å². The first kappa shape index (κ1) is 112. The summed E-state index contributed by atoms with van der Waals surface area (Å²) in [5.41, 5.74) is 2.60. The molecule has 1 N–H and O–H groups in total. The predicted octanol–water partition coefficient (Wildman–Crippen LogP) is 22.5. The molecule has 0 amide bonds. The first-order chi connectivity index (χ1) is 45.0. The molecule has 4 radical (unpaired) electrons. The smallest absolute Gasteiger partial charge is 0.333 e. The van der Waals surface area contributed by atoms with Crippen molar-refractivity contribution in [3.8, 4) is 0 Å². The summed E-state index contributed by atoms with van der Waals surface area (Å²) in [6, 6.07) is 0.